The number of anilines is 2. The molecule has 1 fully saturated rings. The summed E-state index contributed by atoms with van der Waals surface area (Å²) >= 11 is 0. The number of hydrogen-bond donors (Lipinski definition) is 1. The summed E-state index contributed by atoms with van der Waals surface area (Å²) in [5.74, 6) is -0.326. The van der Waals surface area contributed by atoms with Gasteiger partial charge in [0.05, 0.1) is 11.6 Å². The van der Waals surface area contributed by atoms with Crippen molar-refractivity contribution in [1.29, 1.82) is 0 Å². The smallest absolute Gasteiger partial charge is 0.379 e. The molecule has 1 N–H and O–H groups in total. The molecule has 6 heteroatoms. The van der Waals surface area contributed by atoms with Crippen LogP contribution in [0.4, 0.5) is 24.7 Å². The van der Waals surface area contributed by atoms with Crippen molar-refractivity contribution in [1.82, 2.24) is 4.98 Å². The minimum atomic E-state index is -4.05. The quantitative estimate of drug-likeness (QED) is 0.919. The van der Waals surface area contributed by atoms with Crippen LogP contribution in [0.15, 0.2) is 18.3 Å². The fourth-order valence-corrected chi connectivity index (χ4v) is 2.65. The Kier molecular flexibility index (Phi) is 4.40. The van der Waals surface area contributed by atoms with Crippen LogP contribution < -0.4 is 10.2 Å². The summed E-state index contributed by atoms with van der Waals surface area (Å²) in [6.07, 6.45) is -0.829. The van der Waals surface area contributed by atoms with Gasteiger partial charge in [-0.25, -0.2) is 4.98 Å². The Bertz CT molecular complexity index is 438. The van der Waals surface area contributed by atoms with Crippen molar-refractivity contribution in [2.24, 2.45) is 5.92 Å². The maximum atomic E-state index is 12.6. The van der Waals surface area contributed by atoms with Crippen LogP contribution in [-0.4, -0.2) is 31.3 Å². The molecule has 0 saturated heterocycles. The average Bonchev–Trinajstić information content (AvgIpc) is 2.38. The molecule has 0 bridgehead atoms. The first-order valence-electron chi connectivity index (χ1n) is 6.83. The van der Waals surface area contributed by atoms with Crippen LogP contribution in [0.25, 0.3) is 0 Å². The van der Waals surface area contributed by atoms with Gasteiger partial charge in [-0.05, 0) is 37.8 Å². The third-order valence-electron chi connectivity index (χ3n) is 3.76. The van der Waals surface area contributed by atoms with Crippen LogP contribution in [0, 0.1) is 5.92 Å². The molecule has 0 aromatic carbocycles. The summed E-state index contributed by atoms with van der Waals surface area (Å²) in [6.45, 7) is 0. The Morgan fingerprint density at radius 2 is 1.85 bits per heavy atom. The standard InChI is InChI=1S/C14H20F3N3/c1-20(2)13-12(4-3-9-18-13)19-11-7-5-10(6-8-11)14(15,16)17/h3-4,9-11,19H,5-8H2,1-2H3. The number of rotatable bonds is 3. The minimum absolute atomic E-state index is 0.0940. The van der Waals surface area contributed by atoms with Crippen molar-refractivity contribution in [3.8, 4) is 0 Å². The number of pyridine rings is 1. The normalized spacial score (nSPS) is 23.4. The maximum Gasteiger partial charge on any atom is 0.391 e. The van der Waals surface area contributed by atoms with Crippen molar-refractivity contribution < 1.29 is 13.2 Å². The van der Waals surface area contributed by atoms with Gasteiger partial charge in [0.1, 0.15) is 0 Å². The minimum Gasteiger partial charge on any atom is -0.379 e. The maximum absolute atomic E-state index is 12.6. The molecular formula is C14H20F3N3. The molecule has 1 heterocycles. The molecule has 1 saturated carbocycles. The molecule has 0 unspecified atom stereocenters. The zero-order chi connectivity index (χ0) is 14.8. The second kappa shape index (κ2) is 5.89. The van der Waals surface area contributed by atoms with E-state index in [9.17, 15) is 13.2 Å². The largest absolute Gasteiger partial charge is 0.391 e. The molecule has 112 valence electrons. The van der Waals surface area contributed by atoms with Crippen LogP contribution in [0.1, 0.15) is 25.7 Å². The van der Waals surface area contributed by atoms with Gasteiger partial charge < -0.3 is 10.2 Å². The van der Waals surface area contributed by atoms with Gasteiger partial charge in [-0.15, -0.1) is 0 Å². The summed E-state index contributed by atoms with van der Waals surface area (Å²) < 4.78 is 37.9. The first-order valence-corrected chi connectivity index (χ1v) is 6.83. The molecule has 0 spiro atoms. The third-order valence-corrected chi connectivity index (χ3v) is 3.76. The van der Waals surface area contributed by atoms with E-state index in [1.54, 1.807) is 6.20 Å². The van der Waals surface area contributed by atoms with Crippen LogP contribution >= 0.6 is 0 Å². The lowest BCUT2D eigenvalue weighted by molar-refractivity contribution is -0.182. The Morgan fingerprint density at radius 1 is 1.20 bits per heavy atom. The second-order valence-electron chi connectivity index (χ2n) is 5.50. The van der Waals surface area contributed by atoms with Crippen molar-refractivity contribution in [2.75, 3.05) is 24.3 Å². The Morgan fingerprint density at radius 3 is 2.40 bits per heavy atom. The predicted octanol–water partition coefficient (Wildman–Crippen LogP) is 3.68. The number of aromatic nitrogens is 1. The number of nitrogens with zero attached hydrogens (tertiary/aromatic N) is 2. The number of alkyl halides is 3. The van der Waals surface area contributed by atoms with Crippen molar-refractivity contribution in [2.45, 2.75) is 37.9 Å². The monoisotopic (exact) mass is 287 g/mol. The zero-order valence-electron chi connectivity index (χ0n) is 11.7. The van der Waals surface area contributed by atoms with Crippen LogP contribution in [0.5, 0.6) is 0 Å². The molecule has 0 radical (unpaired) electrons. The average molecular weight is 287 g/mol. The van der Waals surface area contributed by atoms with Crippen LogP contribution in [0.3, 0.4) is 0 Å². The van der Waals surface area contributed by atoms with Crippen molar-refractivity contribution in [3.63, 3.8) is 0 Å². The topological polar surface area (TPSA) is 28.2 Å². The number of nitrogens with one attached hydrogen (secondary N) is 1. The van der Waals surface area contributed by atoms with E-state index in [2.05, 4.69) is 10.3 Å². The predicted molar refractivity (Wildman–Crippen MR) is 74.0 cm³/mol. The number of hydrogen-bond acceptors (Lipinski definition) is 3. The van der Waals surface area contributed by atoms with Crippen molar-refractivity contribution >= 4 is 11.5 Å². The molecule has 0 aliphatic heterocycles. The van der Waals surface area contributed by atoms with E-state index < -0.39 is 12.1 Å². The summed E-state index contributed by atoms with van der Waals surface area (Å²) in [6, 6.07) is 3.84. The van der Waals surface area contributed by atoms with E-state index in [4.69, 9.17) is 0 Å². The Balaban J connectivity index is 1.96. The van der Waals surface area contributed by atoms with E-state index in [-0.39, 0.29) is 18.9 Å². The lowest BCUT2D eigenvalue weighted by Gasteiger charge is -2.31. The fraction of sp³-hybridized carbons (Fsp3) is 0.643. The van der Waals surface area contributed by atoms with Gasteiger partial charge in [-0.1, -0.05) is 0 Å². The highest BCUT2D eigenvalue weighted by Crippen LogP contribution is 2.38. The molecule has 1 aromatic heterocycles. The van der Waals surface area contributed by atoms with E-state index in [1.165, 1.54) is 0 Å². The first-order chi connectivity index (χ1) is 9.38. The third kappa shape index (κ3) is 3.55. The molecule has 2 rings (SSSR count). The van der Waals surface area contributed by atoms with E-state index in [0.717, 1.165) is 11.5 Å². The van der Waals surface area contributed by atoms with Gasteiger partial charge in [0.2, 0.25) is 0 Å². The molecule has 0 atom stereocenters. The lowest BCUT2D eigenvalue weighted by Crippen LogP contribution is -2.33. The second-order valence-corrected chi connectivity index (χ2v) is 5.50. The molecule has 1 aromatic rings. The van der Waals surface area contributed by atoms with Gasteiger partial charge in [0.25, 0.3) is 0 Å². The summed E-state index contributed by atoms with van der Waals surface area (Å²) in [7, 11) is 3.79. The number of halogens is 3. The highest BCUT2D eigenvalue weighted by Gasteiger charge is 2.41. The molecular weight excluding hydrogens is 267 g/mol. The summed E-state index contributed by atoms with van der Waals surface area (Å²) in [4.78, 5) is 6.17. The van der Waals surface area contributed by atoms with E-state index >= 15 is 0 Å². The van der Waals surface area contributed by atoms with Gasteiger partial charge in [-0.3, -0.25) is 0 Å². The van der Waals surface area contributed by atoms with E-state index in [0.29, 0.717) is 12.8 Å². The first kappa shape index (κ1) is 14.9. The van der Waals surface area contributed by atoms with Gasteiger partial charge in [-0.2, -0.15) is 13.2 Å². The lowest BCUT2D eigenvalue weighted by atomic mass is 9.85. The highest BCUT2D eigenvalue weighted by atomic mass is 19.4. The van der Waals surface area contributed by atoms with E-state index in [1.807, 2.05) is 31.1 Å². The van der Waals surface area contributed by atoms with Crippen LogP contribution in [-0.2, 0) is 0 Å². The molecule has 3 nitrogen and oxygen atoms in total. The molecule has 0 amide bonds. The van der Waals surface area contributed by atoms with Crippen molar-refractivity contribution in [3.05, 3.63) is 18.3 Å². The summed E-state index contributed by atoms with van der Waals surface area (Å²) in [5.41, 5.74) is 0.882. The van der Waals surface area contributed by atoms with Gasteiger partial charge in [0, 0.05) is 26.3 Å². The summed E-state index contributed by atoms with van der Waals surface area (Å²) in [5, 5.41) is 3.33. The van der Waals surface area contributed by atoms with Gasteiger partial charge in [0.15, 0.2) is 5.82 Å². The highest BCUT2D eigenvalue weighted by molar-refractivity contribution is 5.65. The van der Waals surface area contributed by atoms with Crippen LogP contribution in [0.2, 0.25) is 0 Å². The fourth-order valence-electron chi connectivity index (χ4n) is 2.65. The molecule has 1 aliphatic carbocycles. The molecule has 1 aliphatic rings. The Hall–Kier alpha value is -1.46. The SMILES string of the molecule is CN(C)c1ncccc1NC1CCC(C(F)(F)F)CC1. The Labute approximate surface area is 117 Å². The molecule has 20 heavy (non-hydrogen) atoms. The zero-order valence-corrected chi connectivity index (χ0v) is 11.7. The van der Waals surface area contributed by atoms with Gasteiger partial charge >= 0.3 is 6.18 Å².